The van der Waals surface area contributed by atoms with E-state index in [9.17, 15) is 4.79 Å². The zero-order valence-corrected chi connectivity index (χ0v) is 16.4. The minimum absolute atomic E-state index is 0.155. The van der Waals surface area contributed by atoms with Crippen molar-refractivity contribution in [3.63, 3.8) is 0 Å². The number of nitrogens with zero attached hydrogens (tertiary/aromatic N) is 2. The molecule has 0 saturated carbocycles. The van der Waals surface area contributed by atoms with Gasteiger partial charge in [-0.05, 0) is 52.0 Å². The first-order valence-electron chi connectivity index (χ1n) is 9.30. The number of esters is 1. The Hall–Kier alpha value is -1.92. The van der Waals surface area contributed by atoms with Crippen molar-refractivity contribution in [1.29, 1.82) is 0 Å². The SMILES string of the molecule is CCOC(=O)c1ccc(NC(CCN2CCOCC2)=NC(C)(C)C)cc1. The smallest absolute Gasteiger partial charge is 0.338 e. The first kappa shape index (κ1) is 20.4. The molecule has 0 unspecified atom stereocenters. The number of nitrogens with one attached hydrogen (secondary N) is 1. The van der Waals surface area contributed by atoms with Crippen LogP contribution in [0.2, 0.25) is 0 Å². The van der Waals surface area contributed by atoms with Gasteiger partial charge in [-0.1, -0.05) is 0 Å². The van der Waals surface area contributed by atoms with Crippen molar-refractivity contribution in [3.8, 4) is 0 Å². The van der Waals surface area contributed by atoms with Gasteiger partial charge in [0.1, 0.15) is 5.84 Å². The number of morpholine rings is 1. The molecule has 0 aliphatic carbocycles. The third-order valence-electron chi connectivity index (χ3n) is 3.92. The molecule has 1 aromatic rings. The normalized spacial score (nSPS) is 16.4. The number of carbonyl (C=O) groups is 1. The van der Waals surface area contributed by atoms with E-state index in [4.69, 9.17) is 14.5 Å². The lowest BCUT2D eigenvalue weighted by Crippen LogP contribution is -2.38. The molecule has 2 rings (SSSR count). The molecule has 26 heavy (non-hydrogen) atoms. The van der Waals surface area contributed by atoms with E-state index in [0.29, 0.717) is 12.2 Å². The third-order valence-corrected chi connectivity index (χ3v) is 3.92. The van der Waals surface area contributed by atoms with E-state index in [1.807, 2.05) is 12.1 Å². The Balaban J connectivity index is 2.01. The summed E-state index contributed by atoms with van der Waals surface area (Å²) >= 11 is 0. The second kappa shape index (κ2) is 9.69. The number of carbonyl (C=O) groups excluding carboxylic acids is 1. The molecule has 0 aromatic heterocycles. The standard InChI is InChI=1S/C20H31N3O3/c1-5-26-19(24)16-6-8-17(9-7-16)21-18(22-20(2,3)4)10-11-23-12-14-25-15-13-23/h6-9H,5,10-15H2,1-4H3,(H,21,22). The molecule has 1 N–H and O–H groups in total. The number of anilines is 1. The van der Waals surface area contributed by atoms with Gasteiger partial charge in [0, 0.05) is 31.7 Å². The topological polar surface area (TPSA) is 63.2 Å². The summed E-state index contributed by atoms with van der Waals surface area (Å²) < 4.78 is 10.4. The van der Waals surface area contributed by atoms with E-state index in [2.05, 4.69) is 31.0 Å². The maximum absolute atomic E-state index is 11.8. The Kier molecular flexibility index (Phi) is 7.60. The summed E-state index contributed by atoms with van der Waals surface area (Å²) in [6.45, 7) is 12.9. The van der Waals surface area contributed by atoms with Crippen LogP contribution in [0, 0.1) is 0 Å². The van der Waals surface area contributed by atoms with Crippen LogP contribution in [0.3, 0.4) is 0 Å². The van der Waals surface area contributed by atoms with Gasteiger partial charge in [0.25, 0.3) is 0 Å². The molecule has 0 spiro atoms. The highest BCUT2D eigenvalue weighted by Crippen LogP contribution is 2.14. The highest BCUT2D eigenvalue weighted by molar-refractivity contribution is 5.96. The molecule has 144 valence electrons. The van der Waals surface area contributed by atoms with Crippen molar-refractivity contribution < 1.29 is 14.3 Å². The van der Waals surface area contributed by atoms with Crippen LogP contribution in [0.5, 0.6) is 0 Å². The highest BCUT2D eigenvalue weighted by atomic mass is 16.5. The van der Waals surface area contributed by atoms with Crippen LogP contribution in [0.4, 0.5) is 5.69 Å². The average molecular weight is 361 g/mol. The Labute approximate surface area is 156 Å². The minimum Gasteiger partial charge on any atom is -0.462 e. The molecule has 0 radical (unpaired) electrons. The van der Waals surface area contributed by atoms with Gasteiger partial charge in [-0.25, -0.2) is 4.79 Å². The first-order valence-corrected chi connectivity index (χ1v) is 9.30. The molecule has 0 bridgehead atoms. The fourth-order valence-electron chi connectivity index (χ4n) is 2.71. The quantitative estimate of drug-likeness (QED) is 0.479. The van der Waals surface area contributed by atoms with Crippen LogP contribution >= 0.6 is 0 Å². The summed E-state index contributed by atoms with van der Waals surface area (Å²) in [6.07, 6.45) is 0.844. The van der Waals surface area contributed by atoms with Crippen molar-refractivity contribution in [2.75, 3.05) is 44.8 Å². The molecule has 1 aliphatic rings. The van der Waals surface area contributed by atoms with Gasteiger partial charge in [-0.15, -0.1) is 0 Å². The van der Waals surface area contributed by atoms with Gasteiger partial charge in [-0.2, -0.15) is 0 Å². The lowest BCUT2D eigenvalue weighted by atomic mass is 10.1. The number of amidine groups is 1. The predicted molar refractivity (Wildman–Crippen MR) is 105 cm³/mol. The largest absolute Gasteiger partial charge is 0.462 e. The van der Waals surface area contributed by atoms with E-state index >= 15 is 0 Å². The first-order chi connectivity index (χ1) is 12.4. The van der Waals surface area contributed by atoms with Crippen LogP contribution in [0.25, 0.3) is 0 Å². The molecule has 6 nitrogen and oxygen atoms in total. The number of ether oxygens (including phenoxy) is 2. The molecular weight excluding hydrogens is 330 g/mol. The van der Waals surface area contributed by atoms with Crippen LogP contribution < -0.4 is 5.32 Å². The molecule has 6 heteroatoms. The second-order valence-corrected chi connectivity index (χ2v) is 7.36. The minimum atomic E-state index is -0.296. The molecule has 0 atom stereocenters. The maximum atomic E-state index is 11.8. The zero-order chi connectivity index (χ0) is 19.0. The zero-order valence-electron chi connectivity index (χ0n) is 16.4. The highest BCUT2D eigenvalue weighted by Gasteiger charge is 2.14. The maximum Gasteiger partial charge on any atom is 0.338 e. The van der Waals surface area contributed by atoms with Crippen LogP contribution in [0.1, 0.15) is 44.5 Å². The average Bonchev–Trinajstić information content (AvgIpc) is 2.60. The molecule has 0 amide bonds. The van der Waals surface area contributed by atoms with Crippen molar-refractivity contribution in [2.24, 2.45) is 4.99 Å². The van der Waals surface area contributed by atoms with E-state index < -0.39 is 0 Å². The lowest BCUT2D eigenvalue weighted by molar-refractivity contribution is 0.0392. The van der Waals surface area contributed by atoms with E-state index in [-0.39, 0.29) is 11.5 Å². The summed E-state index contributed by atoms with van der Waals surface area (Å²) in [7, 11) is 0. The summed E-state index contributed by atoms with van der Waals surface area (Å²) in [5.74, 6) is 0.655. The Bertz CT molecular complexity index is 600. The van der Waals surface area contributed by atoms with E-state index in [0.717, 1.165) is 50.8 Å². The summed E-state index contributed by atoms with van der Waals surface area (Å²) in [5, 5.41) is 3.41. The number of hydrogen-bond donors (Lipinski definition) is 1. The van der Waals surface area contributed by atoms with Crippen LogP contribution in [-0.2, 0) is 9.47 Å². The van der Waals surface area contributed by atoms with E-state index in [1.165, 1.54) is 0 Å². The molecule has 1 aliphatic heterocycles. The van der Waals surface area contributed by atoms with Gasteiger partial charge in [-0.3, -0.25) is 9.89 Å². The number of aliphatic imine (C=N–C) groups is 1. The van der Waals surface area contributed by atoms with Gasteiger partial charge in [0.15, 0.2) is 0 Å². The Morgan fingerprint density at radius 3 is 2.46 bits per heavy atom. The third kappa shape index (κ3) is 7.14. The predicted octanol–water partition coefficient (Wildman–Crippen LogP) is 3.19. The van der Waals surface area contributed by atoms with Crippen molar-refractivity contribution in [3.05, 3.63) is 29.8 Å². The number of benzene rings is 1. The number of rotatable bonds is 6. The number of hydrogen-bond acceptors (Lipinski definition) is 5. The lowest BCUT2D eigenvalue weighted by Gasteiger charge is -2.27. The fraction of sp³-hybridized carbons (Fsp3) is 0.600. The van der Waals surface area contributed by atoms with Crippen molar-refractivity contribution >= 4 is 17.5 Å². The summed E-state index contributed by atoms with van der Waals surface area (Å²) in [4.78, 5) is 19.0. The summed E-state index contributed by atoms with van der Waals surface area (Å²) in [5.41, 5.74) is 1.32. The van der Waals surface area contributed by atoms with E-state index in [1.54, 1.807) is 19.1 Å². The molecule has 1 heterocycles. The Morgan fingerprint density at radius 2 is 1.88 bits per heavy atom. The van der Waals surface area contributed by atoms with Gasteiger partial charge in [0.2, 0.25) is 0 Å². The van der Waals surface area contributed by atoms with Crippen molar-refractivity contribution in [1.82, 2.24) is 4.90 Å². The van der Waals surface area contributed by atoms with Crippen LogP contribution in [0.15, 0.2) is 29.3 Å². The van der Waals surface area contributed by atoms with Gasteiger partial charge >= 0.3 is 5.97 Å². The monoisotopic (exact) mass is 361 g/mol. The molecular formula is C20H31N3O3. The molecule has 1 fully saturated rings. The fourth-order valence-corrected chi connectivity index (χ4v) is 2.71. The summed E-state index contributed by atoms with van der Waals surface area (Å²) in [6, 6.07) is 7.33. The van der Waals surface area contributed by atoms with Gasteiger partial charge < -0.3 is 14.8 Å². The molecule has 1 saturated heterocycles. The van der Waals surface area contributed by atoms with Crippen molar-refractivity contribution in [2.45, 2.75) is 39.7 Å². The Morgan fingerprint density at radius 1 is 1.23 bits per heavy atom. The molecule has 1 aromatic carbocycles. The second-order valence-electron chi connectivity index (χ2n) is 7.36. The van der Waals surface area contributed by atoms with Crippen LogP contribution in [-0.4, -0.2) is 61.7 Å². The van der Waals surface area contributed by atoms with Gasteiger partial charge in [0.05, 0.1) is 30.9 Å².